The van der Waals surface area contributed by atoms with Gasteiger partial charge in [-0.2, -0.15) is 0 Å². The zero-order valence-electron chi connectivity index (χ0n) is 9.64. The van der Waals surface area contributed by atoms with E-state index in [-0.39, 0.29) is 17.6 Å². The van der Waals surface area contributed by atoms with Crippen LogP contribution in [0.2, 0.25) is 0 Å². The quantitative estimate of drug-likeness (QED) is 0.552. The number of Topliss-reactive ketones (excluding diaryl/α,β-unsaturated/α-hetero) is 1. The highest BCUT2D eigenvalue weighted by Crippen LogP contribution is 2.29. The van der Waals surface area contributed by atoms with E-state index in [2.05, 4.69) is 14.7 Å². The summed E-state index contributed by atoms with van der Waals surface area (Å²) in [6.07, 6.45) is 1.90. The van der Waals surface area contributed by atoms with Crippen molar-refractivity contribution in [3.63, 3.8) is 0 Å². The number of esters is 1. The zero-order chi connectivity index (χ0) is 12.6. The molecule has 0 aromatic carbocycles. The van der Waals surface area contributed by atoms with Crippen molar-refractivity contribution in [1.29, 1.82) is 0 Å². The van der Waals surface area contributed by atoms with Gasteiger partial charge in [0.1, 0.15) is 5.92 Å². The van der Waals surface area contributed by atoms with Crippen LogP contribution in [0.3, 0.4) is 0 Å². The predicted molar refractivity (Wildman–Crippen MR) is 59.1 cm³/mol. The lowest BCUT2D eigenvalue weighted by molar-refractivity contribution is -0.145. The molecule has 6 heteroatoms. The molecule has 1 aromatic heterocycles. The molecule has 1 aliphatic carbocycles. The van der Waals surface area contributed by atoms with E-state index in [0.29, 0.717) is 17.7 Å². The fourth-order valence-electron chi connectivity index (χ4n) is 2.11. The number of nitrogens with zero attached hydrogens (tertiary/aromatic N) is 2. The second kappa shape index (κ2) is 4.12. The van der Waals surface area contributed by atoms with E-state index >= 15 is 0 Å². The van der Waals surface area contributed by atoms with Crippen molar-refractivity contribution < 1.29 is 14.3 Å². The Hall–Kier alpha value is -1.98. The molecule has 1 aromatic rings. The molecule has 6 nitrogen and oxygen atoms in total. The highest BCUT2D eigenvalue weighted by Gasteiger charge is 2.39. The molecule has 0 saturated heterocycles. The summed E-state index contributed by atoms with van der Waals surface area (Å²) in [6.45, 7) is 1.82. The average Bonchev–Trinajstić information content (AvgIpc) is 2.28. The van der Waals surface area contributed by atoms with Crippen molar-refractivity contribution in [2.24, 2.45) is 11.8 Å². The van der Waals surface area contributed by atoms with Gasteiger partial charge in [0, 0.05) is 6.20 Å². The summed E-state index contributed by atoms with van der Waals surface area (Å²) in [5.74, 6) is -1.56. The normalized spacial score (nSPS) is 23.1. The van der Waals surface area contributed by atoms with Crippen molar-refractivity contribution in [1.82, 2.24) is 9.97 Å². The molecule has 1 heterocycles. The Morgan fingerprint density at radius 3 is 2.94 bits per heavy atom. The van der Waals surface area contributed by atoms with Gasteiger partial charge in [0.25, 0.3) is 0 Å². The van der Waals surface area contributed by atoms with Gasteiger partial charge < -0.3 is 10.5 Å². The number of aromatic nitrogens is 2. The number of fused-ring (bicyclic) bond motifs is 1. The Kier molecular flexibility index (Phi) is 2.79. The van der Waals surface area contributed by atoms with Crippen molar-refractivity contribution in [2.75, 3.05) is 12.8 Å². The van der Waals surface area contributed by atoms with Gasteiger partial charge >= 0.3 is 5.97 Å². The molecule has 0 saturated carbocycles. The van der Waals surface area contributed by atoms with E-state index in [1.165, 1.54) is 13.3 Å². The number of carbonyl (C=O) groups is 2. The van der Waals surface area contributed by atoms with Gasteiger partial charge in [-0.05, 0) is 12.3 Å². The molecule has 2 atom stereocenters. The number of hydrogen-bond donors (Lipinski definition) is 1. The van der Waals surface area contributed by atoms with Gasteiger partial charge in [0.05, 0.1) is 18.4 Å². The molecular formula is C11H13N3O3. The summed E-state index contributed by atoms with van der Waals surface area (Å²) in [5, 5.41) is 0. The Morgan fingerprint density at radius 2 is 2.29 bits per heavy atom. The topological polar surface area (TPSA) is 95.2 Å². The molecule has 1 aliphatic rings. The first kappa shape index (κ1) is 11.5. The van der Waals surface area contributed by atoms with E-state index in [1.807, 2.05) is 6.92 Å². The van der Waals surface area contributed by atoms with E-state index in [1.54, 1.807) is 0 Å². The van der Waals surface area contributed by atoms with Crippen LogP contribution in [0.15, 0.2) is 6.20 Å². The molecule has 17 heavy (non-hydrogen) atoms. The van der Waals surface area contributed by atoms with Gasteiger partial charge in [-0.15, -0.1) is 0 Å². The van der Waals surface area contributed by atoms with E-state index in [4.69, 9.17) is 5.73 Å². The molecular weight excluding hydrogens is 222 g/mol. The van der Waals surface area contributed by atoms with Crippen LogP contribution < -0.4 is 5.73 Å². The highest BCUT2D eigenvalue weighted by atomic mass is 16.5. The maximum absolute atomic E-state index is 12.1. The molecule has 2 rings (SSSR count). The molecule has 0 bridgehead atoms. The molecule has 0 aliphatic heterocycles. The lowest BCUT2D eigenvalue weighted by atomic mass is 9.78. The summed E-state index contributed by atoms with van der Waals surface area (Å²) >= 11 is 0. The van der Waals surface area contributed by atoms with Crippen LogP contribution in [0.25, 0.3) is 0 Å². The van der Waals surface area contributed by atoms with E-state index in [9.17, 15) is 9.59 Å². The Bertz CT molecular complexity index is 487. The SMILES string of the molecule is COC(=O)C1C(=O)c2cnc(N)nc2CC1C. The van der Waals surface area contributed by atoms with Gasteiger partial charge in [-0.1, -0.05) is 6.92 Å². The molecule has 90 valence electrons. The number of hydrogen-bond acceptors (Lipinski definition) is 6. The highest BCUT2D eigenvalue weighted by molar-refractivity contribution is 6.10. The number of carbonyl (C=O) groups excluding carboxylic acids is 2. The molecule has 0 radical (unpaired) electrons. The van der Waals surface area contributed by atoms with Crippen LogP contribution >= 0.6 is 0 Å². The number of rotatable bonds is 1. The lowest BCUT2D eigenvalue weighted by Crippen LogP contribution is -2.37. The summed E-state index contributed by atoms with van der Waals surface area (Å²) in [6, 6.07) is 0. The van der Waals surface area contributed by atoms with Crippen molar-refractivity contribution in [2.45, 2.75) is 13.3 Å². The average molecular weight is 235 g/mol. The first-order valence-electron chi connectivity index (χ1n) is 5.28. The fourth-order valence-corrected chi connectivity index (χ4v) is 2.11. The zero-order valence-corrected chi connectivity index (χ0v) is 9.64. The number of nitrogens with two attached hydrogens (primary N) is 1. The minimum atomic E-state index is -0.764. The Morgan fingerprint density at radius 1 is 1.59 bits per heavy atom. The van der Waals surface area contributed by atoms with Crippen LogP contribution in [0.5, 0.6) is 0 Å². The fraction of sp³-hybridized carbons (Fsp3) is 0.455. The van der Waals surface area contributed by atoms with E-state index in [0.717, 1.165) is 0 Å². The maximum Gasteiger partial charge on any atom is 0.316 e. The number of anilines is 1. The third-order valence-corrected chi connectivity index (χ3v) is 2.97. The summed E-state index contributed by atoms with van der Waals surface area (Å²) < 4.78 is 4.64. The van der Waals surface area contributed by atoms with Crippen molar-refractivity contribution >= 4 is 17.7 Å². The standard InChI is InChI=1S/C11H13N3O3/c1-5-3-7-6(4-13-11(12)14-7)9(15)8(5)10(16)17-2/h4-5,8H,3H2,1-2H3,(H2,12,13,14). The van der Waals surface area contributed by atoms with Crippen molar-refractivity contribution in [3.05, 3.63) is 17.5 Å². The van der Waals surface area contributed by atoms with Crippen molar-refractivity contribution in [3.8, 4) is 0 Å². The van der Waals surface area contributed by atoms with Crippen LogP contribution in [-0.2, 0) is 16.0 Å². The predicted octanol–water partition coefficient (Wildman–Crippen LogP) is 0.223. The Balaban J connectivity index is 2.44. The maximum atomic E-state index is 12.1. The van der Waals surface area contributed by atoms with Crippen LogP contribution in [-0.4, -0.2) is 28.8 Å². The third-order valence-electron chi connectivity index (χ3n) is 2.97. The van der Waals surface area contributed by atoms with E-state index < -0.39 is 11.9 Å². The first-order valence-corrected chi connectivity index (χ1v) is 5.28. The summed E-state index contributed by atoms with van der Waals surface area (Å²) in [5.41, 5.74) is 6.44. The molecule has 2 N–H and O–H groups in total. The summed E-state index contributed by atoms with van der Waals surface area (Å²) in [4.78, 5) is 31.5. The van der Waals surface area contributed by atoms with Gasteiger partial charge in [0.2, 0.25) is 5.95 Å². The molecule has 0 amide bonds. The second-order valence-corrected chi connectivity index (χ2v) is 4.14. The van der Waals surface area contributed by atoms with Gasteiger partial charge in [-0.25, -0.2) is 9.97 Å². The van der Waals surface area contributed by atoms with Crippen LogP contribution in [0.1, 0.15) is 23.0 Å². The van der Waals surface area contributed by atoms with Gasteiger partial charge in [-0.3, -0.25) is 9.59 Å². The van der Waals surface area contributed by atoms with Crippen LogP contribution in [0.4, 0.5) is 5.95 Å². The molecule has 0 fully saturated rings. The smallest absolute Gasteiger partial charge is 0.316 e. The second-order valence-electron chi connectivity index (χ2n) is 4.14. The number of ketones is 1. The first-order chi connectivity index (χ1) is 8.04. The Labute approximate surface area is 98.2 Å². The minimum Gasteiger partial charge on any atom is -0.468 e. The number of ether oxygens (including phenoxy) is 1. The lowest BCUT2D eigenvalue weighted by Gasteiger charge is -2.26. The monoisotopic (exact) mass is 235 g/mol. The number of nitrogen functional groups attached to an aromatic ring is 1. The van der Waals surface area contributed by atoms with Crippen LogP contribution in [0, 0.1) is 11.8 Å². The minimum absolute atomic E-state index is 0.139. The summed E-state index contributed by atoms with van der Waals surface area (Å²) in [7, 11) is 1.28. The number of methoxy groups -OCH3 is 1. The largest absolute Gasteiger partial charge is 0.468 e. The molecule has 0 spiro atoms. The third kappa shape index (κ3) is 1.86. The molecule has 2 unspecified atom stereocenters. The van der Waals surface area contributed by atoms with Gasteiger partial charge in [0.15, 0.2) is 5.78 Å².